The monoisotopic (exact) mass is 228 g/mol. The summed E-state index contributed by atoms with van der Waals surface area (Å²) in [6.07, 6.45) is 0.949. The van der Waals surface area contributed by atoms with Crippen LogP contribution in [0.4, 0.5) is 0 Å². The van der Waals surface area contributed by atoms with Gasteiger partial charge in [0, 0.05) is 10.7 Å². The Morgan fingerprint density at radius 1 is 1.14 bits per heavy atom. The molecule has 0 heterocycles. The topological polar surface area (TPSA) is 34.1 Å². The second-order valence-corrected chi connectivity index (χ2v) is 16.1. The fourth-order valence-corrected chi connectivity index (χ4v) is 6.63. The summed E-state index contributed by atoms with van der Waals surface area (Å²) in [5, 5.41) is 0.756. The van der Waals surface area contributed by atoms with Gasteiger partial charge in [-0.1, -0.05) is 39.3 Å². The van der Waals surface area contributed by atoms with E-state index in [-0.39, 0.29) is 5.54 Å². The van der Waals surface area contributed by atoms with E-state index in [1.54, 1.807) is 0 Å². The minimum absolute atomic E-state index is 0.147. The Balaban J connectivity index is 5.24. The molecule has 80 valence electrons. The molecule has 0 aliphatic rings. The van der Waals surface area contributed by atoms with Crippen LogP contribution in [0.2, 0.25) is 44.8 Å². The van der Waals surface area contributed by atoms with Crippen molar-refractivity contribution in [3.05, 3.63) is 5.20 Å². The maximum atomic E-state index is 11.1. The molecule has 4 heteroatoms. The van der Waals surface area contributed by atoms with Crippen molar-refractivity contribution in [2.24, 2.45) is 0 Å². The third kappa shape index (κ3) is 3.37. The molecule has 14 heavy (non-hydrogen) atoms. The molecule has 0 saturated carbocycles. The van der Waals surface area contributed by atoms with Crippen LogP contribution in [0, 0.1) is 0 Å². The molecule has 2 nitrogen and oxygen atoms in total. The number of aldehydes is 1. The fourth-order valence-electron chi connectivity index (χ4n) is 1.39. The molecule has 0 bridgehead atoms. The van der Waals surface area contributed by atoms with Gasteiger partial charge in [-0.15, -0.1) is 0 Å². The molecule has 0 saturated heterocycles. The Morgan fingerprint density at radius 2 is 1.57 bits per heavy atom. The molecular weight excluding hydrogens is 208 g/mol. The fraction of sp³-hybridized carbons (Fsp3) is 0.700. The highest BCUT2D eigenvalue weighted by molar-refractivity contribution is 6.90. The Labute approximate surface area is 88.4 Å². The molecule has 0 aromatic heterocycles. The van der Waals surface area contributed by atoms with E-state index in [2.05, 4.69) is 39.3 Å². The zero-order chi connectivity index (χ0) is 11.6. The standard InChI is InChI=1S/C10H20O2Si2/c1-13(2,3)9(7-11)10(8-12)14(4,5)6/h7,9H,1-6H3/t9-/m0/s1. The highest BCUT2D eigenvalue weighted by Gasteiger charge is 2.36. The van der Waals surface area contributed by atoms with Crippen molar-refractivity contribution in [2.75, 3.05) is 0 Å². The summed E-state index contributed by atoms with van der Waals surface area (Å²) < 4.78 is 0. The second kappa shape index (κ2) is 4.38. The van der Waals surface area contributed by atoms with Gasteiger partial charge in [0.15, 0.2) is 0 Å². The van der Waals surface area contributed by atoms with E-state index in [9.17, 15) is 9.59 Å². The first-order valence-corrected chi connectivity index (χ1v) is 11.9. The smallest absolute Gasteiger partial charge is 0.124 e. The first-order chi connectivity index (χ1) is 6.14. The van der Waals surface area contributed by atoms with E-state index in [0.29, 0.717) is 0 Å². The lowest BCUT2D eigenvalue weighted by molar-refractivity contribution is -0.107. The quantitative estimate of drug-likeness (QED) is 0.421. The van der Waals surface area contributed by atoms with E-state index in [0.717, 1.165) is 11.5 Å². The number of rotatable bonds is 4. The van der Waals surface area contributed by atoms with Crippen molar-refractivity contribution >= 4 is 28.4 Å². The summed E-state index contributed by atoms with van der Waals surface area (Å²) in [6, 6.07) is 0. The summed E-state index contributed by atoms with van der Waals surface area (Å²) in [4.78, 5) is 22.0. The molecule has 0 unspecified atom stereocenters. The van der Waals surface area contributed by atoms with Crippen LogP contribution in [0.15, 0.2) is 5.20 Å². The van der Waals surface area contributed by atoms with Gasteiger partial charge in [0.05, 0.1) is 16.1 Å². The van der Waals surface area contributed by atoms with Crippen LogP contribution in [0.3, 0.4) is 0 Å². The molecular formula is C10H20O2Si2. The van der Waals surface area contributed by atoms with E-state index >= 15 is 0 Å². The van der Waals surface area contributed by atoms with Crippen molar-refractivity contribution in [1.82, 2.24) is 0 Å². The van der Waals surface area contributed by atoms with Gasteiger partial charge < -0.3 is 4.79 Å². The highest BCUT2D eigenvalue weighted by Crippen LogP contribution is 2.31. The van der Waals surface area contributed by atoms with Gasteiger partial charge in [0.2, 0.25) is 0 Å². The third-order valence-electron chi connectivity index (χ3n) is 2.30. The van der Waals surface area contributed by atoms with Gasteiger partial charge in [0.25, 0.3) is 0 Å². The average Bonchev–Trinajstić information content (AvgIpc) is 1.94. The Morgan fingerprint density at radius 3 is 1.64 bits per heavy atom. The Bertz CT molecular complexity index is 265. The molecule has 0 spiro atoms. The number of hydrogen-bond acceptors (Lipinski definition) is 2. The SMILES string of the molecule is C[Si](C)(C)C(=C=O)[C@H](C=O)[Si](C)(C)C. The molecule has 0 radical (unpaired) electrons. The summed E-state index contributed by atoms with van der Waals surface area (Å²) >= 11 is 0. The van der Waals surface area contributed by atoms with E-state index in [4.69, 9.17) is 0 Å². The zero-order valence-corrected chi connectivity index (χ0v) is 12.0. The number of carbonyl (C=O) groups is 1. The first-order valence-electron chi connectivity index (χ1n) is 4.85. The predicted octanol–water partition coefficient (Wildman–Crippen LogP) is 2.53. The minimum atomic E-state index is -1.68. The zero-order valence-electron chi connectivity index (χ0n) is 9.97. The van der Waals surface area contributed by atoms with Crippen LogP contribution in [-0.4, -0.2) is 28.4 Å². The van der Waals surface area contributed by atoms with Crippen LogP contribution in [-0.2, 0) is 9.59 Å². The lowest BCUT2D eigenvalue weighted by Gasteiger charge is -2.30. The van der Waals surface area contributed by atoms with Crippen LogP contribution in [0.5, 0.6) is 0 Å². The highest BCUT2D eigenvalue weighted by atomic mass is 28.3. The second-order valence-electron chi connectivity index (χ2n) is 5.75. The van der Waals surface area contributed by atoms with E-state index in [1.165, 1.54) is 0 Å². The maximum absolute atomic E-state index is 11.1. The number of hydrogen-bond donors (Lipinski definition) is 0. The minimum Gasteiger partial charge on any atom is -0.303 e. The van der Waals surface area contributed by atoms with Crippen LogP contribution in [0.25, 0.3) is 0 Å². The summed E-state index contributed by atoms with van der Waals surface area (Å²) in [5.74, 6) is 2.03. The van der Waals surface area contributed by atoms with Gasteiger partial charge in [-0.2, -0.15) is 0 Å². The molecule has 0 aliphatic heterocycles. The molecule has 0 fully saturated rings. The number of allylic oxidation sites excluding steroid dienone is 1. The van der Waals surface area contributed by atoms with Crippen LogP contribution >= 0.6 is 0 Å². The van der Waals surface area contributed by atoms with Gasteiger partial charge >= 0.3 is 0 Å². The Kier molecular flexibility index (Phi) is 4.24. The summed E-state index contributed by atoms with van der Waals surface area (Å²) in [5.41, 5.74) is -0.147. The van der Waals surface area contributed by atoms with E-state index in [1.807, 2.05) is 5.94 Å². The lowest BCUT2D eigenvalue weighted by atomic mass is 10.4. The van der Waals surface area contributed by atoms with Crippen molar-refractivity contribution in [2.45, 2.75) is 44.8 Å². The number of carbonyl (C=O) groups excluding carboxylic acids is 2. The molecule has 0 amide bonds. The summed E-state index contributed by atoms with van der Waals surface area (Å²) in [7, 11) is -3.30. The average molecular weight is 228 g/mol. The van der Waals surface area contributed by atoms with Crippen molar-refractivity contribution < 1.29 is 9.59 Å². The predicted molar refractivity (Wildman–Crippen MR) is 65.7 cm³/mol. The normalized spacial score (nSPS) is 14.4. The van der Waals surface area contributed by atoms with Crippen molar-refractivity contribution in [1.29, 1.82) is 0 Å². The van der Waals surface area contributed by atoms with Crippen molar-refractivity contribution in [3.8, 4) is 0 Å². The van der Waals surface area contributed by atoms with Crippen LogP contribution < -0.4 is 0 Å². The van der Waals surface area contributed by atoms with Gasteiger partial charge in [-0.05, 0) is 0 Å². The maximum Gasteiger partial charge on any atom is 0.124 e. The molecule has 0 rings (SSSR count). The van der Waals surface area contributed by atoms with Crippen molar-refractivity contribution in [3.63, 3.8) is 0 Å². The Hall–Kier alpha value is -0.446. The molecule has 0 aromatic rings. The molecule has 0 aromatic carbocycles. The van der Waals surface area contributed by atoms with Crippen LogP contribution in [0.1, 0.15) is 0 Å². The van der Waals surface area contributed by atoms with Gasteiger partial charge in [-0.3, -0.25) is 0 Å². The third-order valence-corrected chi connectivity index (χ3v) is 6.91. The summed E-state index contributed by atoms with van der Waals surface area (Å²) in [6.45, 7) is 12.6. The van der Waals surface area contributed by atoms with Gasteiger partial charge in [0.1, 0.15) is 12.2 Å². The molecule has 0 N–H and O–H groups in total. The largest absolute Gasteiger partial charge is 0.303 e. The lowest BCUT2D eigenvalue weighted by Crippen LogP contribution is -2.39. The van der Waals surface area contributed by atoms with Gasteiger partial charge in [-0.25, -0.2) is 4.79 Å². The molecule has 1 atom stereocenters. The van der Waals surface area contributed by atoms with E-state index < -0.39 is 16.1 Å². The first kappa shape index (κ1) is 13.6. The molecule has 0 aliphatic carbocycles.